The predicted molar refractivity (Wildman–Crippen MR) is 75.2 cm³/mol. The van der Waals surface area contributed by atoms with E-state index in [1.165, 1.54) is 4.90 Å². The summed E-state index contributed by atoms with van der Waals surface area (Å²) in [6, 6.07) is 0.500. The van der Waals surface area contributed by atoms with Gasteiger partial charge in [-0.3, -0.25) is 4.79 Å². The normalized spacial score (nSPS) is 16.1. The lowest BCUT2D eigenvalue weighted by atomic mass is 9.93. The first-order valence-corrected chi connectivity index (χ1v) is 7.26. The number of hydrogen-bond donors (Lipinski definition) is 2. The van der Waals surface area contributed by atoms with Crippen LogP contribution >= 0.6 is 0 Å². The fraction of sp³-hybridized carbons (Fsp3) is 0.533. The molecule has 0 aromatic heterocycles. The first kappa shape index (κ1) is 16.6. The summed E-state index contributed by atoms with van der Waals surface area (Å²) in [5, 5.41) is 12.3. The molecule has 0 unspecified atom stereocenters. The van der Waals surface area contributed by atoms with Crippen LogP contribution in [-0.2, 0) is 0 Å². The van der Waals surface area contributed by atoms with Crippen LogP contribution in [0.15, 0.2) is 6.07 Å². The van der Waals surface area contributed by atoms with Crippen LogP contribution in [0.5, 0.6) is 5.75 Å². The number of nitrogens with one attached hydrogen (secondary N) is 1. The molecular formula is C15H19F3N2O2. The van der Waals surface area contributed by atoms with Crippen LogP contribution in [-0.4, -0.2) is 42.6 Å². The molecule has 1 saturated heterocycles. The first-order chi connectivity index (χ1) is 10.5. The van der Waals surface area contributed by atoms with Crippen molar-refractivity contribution in [2.24, 2.45) is 5.92 Å². The number of likely N-dealkylation sites (tertiary alicyclic amines) is 1. The first-order valence-electron chi connectivity index (χ1n) is 7.26. The molecule has 1 aromatic rings. The van der Waals surface area contributed by atoms with E-state index >= 15 is 0 Å². The zero-order valence-electron chi connectivity index (χ0n) is 12.3. The van der Waals surface area contributed by atoms with Crippen molar-refractivity contribution < 1.29 is 23.1 Å². The number of hydrogen-bond acceptors (Lipinski definition) is 3. The molecule has 1 amide bonds. The Bertz CT molecular complexity index is 558. The smallest absolute Gasteiger partial charge is 0.257 e. The van der Waals surface area contributed by atoms with E-state index in [9.17, 15) is 23.1 Å². The Balaban J connectivity index is 2.08. The lowest BCUT2D eigenvalue weighted by molar-refractivity contribution is 0.0680. The minimum Gasteiger partial charge on any atom is -0.503 e. The number of phenolic OH excluding ortho intramolecular Hbond substituents is 1. The van der Waals surface area contributed by atoms with Crippen LogP contribution in [0.1, 0.15) is 29.6 Å². The Hall–Kier alpha value is -1.76. The van der Waals surface area contributed by atoms with Gasteiger partial charge in [0.15, 0.2) is 17.4 Å². The zero-order chi connectivity index (χ0) is 16.3. The summed E-state index contributed by atoms with van der Waals surface area (Å²) in [5.74, 6) is -6.22. The minimum atomic E-state index is -1.68. The monoisotopic (exact) mass is 316 g/mol. The van der Waals surface area contributed by atoms with Gasteiger partial charge in [0.1, 0.15) is 0 Å². The number of benzene rings is 1. The van der Waals surface area contributed by atoms with Crippen LogP contribution < -0.4 is 5.32 Å². The highest BCUT2D eigenvalue weighted by Crippen LogP contribution is 2.28. The number of nitrogens with zero attached hydrogens (tertiary/aromatic N) is 1. The Kier molecular flexibility index (Phi) is 5.28. The molecule has 0 bridgehead atoms. The lowest BCUT2D eigenvalue weighted by Gasteiger charge is -2.32. The largest absolute Gasteiger partial charge is 0.503 e. The van der Waals surface area contributed by atoms with Crippen LogP contribution in [0.4, 0.5) is 13.2 Å². The predicted octanol–water partition coefficient (Wildman–Crippen LogP) is 2.27. The number of aromatic hydroxyl groups is 1. The van der Waals surface area contributed by atoms with Gasteiger partial charge in [-0.05, 0) is 44.8 Å². The molecule has 4 nitrogen and oxygen atoms in total. The van der Waals surface area contributed by atoms with Crippen molar-refractivity contribution in [3.8, 4) is 5.75 Å². The summed E-state index contributed by atoms with van der Waals surface area (Å²) in [4.78, 5) is 13.6. The van der Waals surface area contributed by atoms with Gasteiger partial charge in [-0.15, -0.1) is 0 Å². The molecular weight excluding hydrogens is 297 g/mol. The van der Waals surface area contributed by atoms with Crippen LogP contribution in [0.2, 0.25) is 0 Å². The fourth-order valence-corrected chi connectivity index (χ4v) is 2.69. The maximum atomic E-state index is 13.8. The van der Waals surface area contributed by atoms with Gasteiger partial charge in [0.25, 0.3) is 5.91 Å². The zero-order valence-corrected chi connectivity index (χ0v) is 12.3. The number of phenols is 1. The molecule has 0 radical (unpaired) electrons. The summed E-state index contributed by atoms with van der Waals surface area (Å²) >= 11 is 0. The molecule has 1 aliphatic rings. The van der Waals surface area contributed by atoms with Crippen molar-refractivity contribution >= 4 is 5.91 Å². The molecule has 0 saturated carbocycles. The van der Waals surface area contributed by atoms with E-state index in [2.05, 4.69) is 5.32 Å². The molecule has 0 aliphatic carbocycles. The van der Waals surface area contributed by atoms with E-state index in [1.807, 2.05) is 7.05 Å². The Morgan fingerprint density at radius 3 is 2.55 bits per heavy atom. The maximum absolute atomic E-state index is 13.8. The molecule has 2 N–H and O–H groups in total. The topological polar surface area (TPSA) is 52.6 Å². The van der Waals surface area contributed by atoms with Gasteiger partial charge in [0, 0.05) is 13.1 Å². The van der Waals surface area contributed by atoms with E-state index in [0.29, 0.717) is 25.1 Å². The lowest BCUT2D eigenvalue weighted by Crippen LogP contribution is -2.39. The summed E-state index contributed by atoms with van der Waals surface area (Å²) in [5.41, 5.74) is -0.634. The van der Waals surface area contributed by atoms with Gasteiger partial charge in [0.2, 0.25) is 5.82 Å². The number of amides is 1. The van der Waals surface area contributed by atoms with Crippen LogP contribution in [0.25, 0.3) is 0 Å². The SMILES string of the molecule is CNCCC1CCN(C(=O)c2cc(F)c(F)c(O)c2F)CC1. The van der Waals surface area contributed by atoms with E-state index in [0.717, 1.165) is 25.8 Å². The molecule has 1 heterocycles. The third kappa shape index (κ3) is 3.35. The number of rotatable bonds is 4. The second kappa shape index (κ2) is 7.00. The summed E-state index contributed by atoms with van der Waals surface area (Å²) < 4.78 is 40.1. The molecule has 1 aliphatic heterocycles. The number of piperidine rings is 1. The molecule has 7 heteroatoms. The second-order valence-corrected chi connectivity index (χ2v) is 5.51. The van der Waals surface area contributed by atoms with Gasteiger partial charge in [-0.2, -0.15) is 4.39 Å². The number of carbonyl (C=O) groups is 1. The highest BCUT2D eigenvalue weighted by atomic mass is 19.2. The van der Waals surface area contributed by atoms with E-state index in [4.69, 9.17) is 0 Å². The van der Waals surface area contributed by atoms with Crippen molar-refractivity contribution in [2.45, 2.75) is 19.3 Å². The summed E-state index contributed by atoms with van der Waals surface area (Å²) in [6.45, 7) is 1.77. The molecule has 1 aromatic carbocycles. The highest BCUT2D eigenvalue weighted by Gasteiger charge is 2.28. The van der Waals surface area contributed by atoms with Gasteiger partial charge in [-0.25, -0.2) is 8.78 Å². The van der Waals surface area contributed by atoms with Gasteiger partial charge in [-0.1, -0.05) is 0 Å². The highest BCUT2D eigenvalue weighted by molar-refractivity contribution is 5.95. The summed E-state index contributed by atoms with van der Waals surface area (Å²) in [7, 11) is 1.87. The third-order valence-corrected chi connectivity index (χ3v) is 4.07. The van der Waals surface area contributed by atoms with Gasteiger partial charge in [0.05, 0.1) is 5.56 Å². The Labute approximate surface area is 126 Å². The van der Waals surface area contributed by atoms with Crippen molar-refractivity contribution in [2.75, 3.05) is 26.7 Å². The van der Waals surface area contributed by atoms with Crippen LogP contribution in [0, 0.1) is 23.4 Å². The van der Waals surface area contributed by atoms with Crippen molar-refractivity contribution in [1.29, 1.82) is 0 Å². The molecule has 0 atom stereocenters. The summed E-state index contributed by atoms with van der Waals surface area (Å²) in [6.07, 6.45) is 2.56. The average molecular weight is 316 g/mol. The molecule has 22 heavy (non-hydrogen) atoms. The average Bonchev–Trinajstić information content (AvgIpc) is 2.54. The van der Waals surface area contributed by atoms with Crippen molar-refractivity contribution in [3.63, 3.8) is 0 Å². The van der Waals surface area contributed by atoms with Gasteiger partial charge >= 0.3 is 0 Å². The van der Waals surface area contributed by atoms with Crippen LogP contribution in [0.3, 0.4) is 0 Å². The maximum Gasteiger partial charge on any atom is 0.257 e. The van der Waals surface area contributed by atoms with E-state index in [-0.39, 0.29) is 0 Å². The fourth-order valence-electron chi connectivity index (χ4n) is 2.69. The number of halogens is 3. The van der Waals surface area contributed by atoms with Crippen molar-refractivity contribution in [1.82, 2.24) is 10.2 Å². The minimum absolute atomic E-state index is 0.437. The second-order valence-electron chi connectivity index (χ2n) is 5.51. The quantitative estimate of drug-likeness (QED) is 0.838. The number of carbonyl (C=O) groups excluding carboxylic acids is 1. The third-order valence-electron chi connectivity index (χ3n) is 4.07. The molecule has 0 spiro atoms. The standard InChI is InChI=1S/C15H19F3N2O2/c1-19-5-2-9-3-6-20(7-4-9)15(22)10-8-11(16)13(18)14(21)12(10)17/h8-9,19,21H,2-7H2,1H3. The Morgan fingerprint density at radius 2 is 1.95 bits per heavy atom. The van der Waals surface area contributed by atoms with E-state index < -0.39 is 34.7 Å². The van der Waals surface area contributed by atoms with Crippen molar-refractivity contribution in [3.05, 3.63) is 29.1 Å². The molecule has 1 fully saturated rings. The van der Waals surface area contributed by atoms with Gasteiger partial charge < -0.3 is 15.3 Å². The molecule has 2 rings (SSSR count). The Morgan fingerprint density at radius 1 is 1.32 bits per heavy atom. The molecule has 122 valence electrons. The van der Waals surface area contributed by atoms with E-state index in [1.54, 1.807) is 0 Å².